The van der Waals surface area contributed by atoms with E-state index in [0.29, 0.717) is 25.1 Å². The molecule has 0 aliphatic carbocycles. The van der Waals surface area contributed by atoms with Gasteiger partial charge in [-0.1, -0.05) is 48.0 Å². The maximum absolute atomic E-state index is 13.7. The van der Waals surface area contributed by atoms with Gasteiger partial charge in [-0.3, -0.25) is 9.59 Å². The second-order valence-corrected chi connectivity index (χ2v) is 6.04. The fraction of sp³-hybridized carbons (Fsp3) is 0.300. The van der Waals surface area contributed by atoms with E-state index in [1.54, 1.807) is 18.2 Å². The summed E-state index contributed by atoms with van der Waals surface area (Å²) in [6.07, 6.45) is 0.373. The van der Waals surface area contributed by atoms with E-state index in [4.69, 9.17) is 0 Å². The van der Waals surface area contributed by atoms with Crippen LogP contribution in [-0.2, 0) is 22.6 Å². The Morgan fingerprint density at radius 3 is 2.40 bits per heavy atom. The smallest absolute Gasteiger partial charge is 0.239 e. The minimum Gasteiger partial charge on any atom is -0.350 e. The van der Waals surface area contributed by atoms with Crippen molar-refractivity contribution in [1.82, 2.24) is 10.2 Å². The molecule has 2 amide bonds. The van der Waals surface area contributed by atoms with Gasteiger partial charge in [-0.2, -0.15) is 0 Å². The second-order valence-electron chi connectivity index (χ2n) is 6.04. The molecule has 5 heteroatoms. The molecule has 0 bridgehead atoms. The monoisotopic (exact) mass is 342 g/mol. The number of hydrogen-bond donors (Lipinski definition) is 1. The average Bonchev–Trinajstić information content (AvgIpc) is 2.59. The van der Waals surface area contributed by atoms with Crippen molar-refractivity contribution >= 4 is 11.8 Å². The van der Waals surface area contributed by atoms with E-state index in [-0.39, 0.29) is 24.2 Å². The largest absolute Gasteiger partial charge is 0.350 e. The molecule has 2 aromatic rings. The van der Waals surface area contributed by atoms with Gasteiger partial charge in [-0.05, 0) is 30.5 Å². The molecule has 0 heterocycles. The lowest BCUT2D eigenvalue weighted by Gasteiger charge is -2.20. The topological polar surface area (TPSA) is 49.4 Å². The van der Waals surface area contributed by atoms with Gasteiger partial charge < -0.3 is 10.2 Å². The van der Waals surface area contributed by atoms with Crippen molar-refractivity contribution < 1.29 is 14.0 Å². The third kappa shape index (κ3) is 6.03. The van der Waals surface area contributed by atoms with Gasteiger partial charge >= 0.3 is 0 Å². The summed E-state index contributed by atoms with van der Waals surface area (Å²) in [6, 6.07) is 14.3. The van der Waals surface area contributed by atoms with Crippen molar-refractivity contribution in [2.24, 2.45) is 0 Å². The molecule has 2 aromatic carbocycles. The van der Waals surface area contributed by atoms with Crippen LogP contribution >= 0.6 is 0 Å². The summed E-state index contributed by atoms with van der Waals surface area (Å²) in [5.74, 6) is -0.735. The number of nitrogens with zero attached hydrogens (tertiary/aromatic N) is 1. The Morgan fingerprint density at radius 2 is 1.76 bits per heavy atom. The van der Waals surface area contributed by atoms with E-state index < -0.39 is 0 Å². The van der Waals surface area contributed by atoms with Gasteiger partial charge in [0.2, 0.25) is 11.8 Å². The SMILES string of the molecule is CC(=O)N(CCc1ccccc1F)CC(=O)NCc1ccc(C)cc1. The predicted octanol–water partition coefficient (Wildman–Crippen LogP) is 2.84. The number of nitrogens with one attached hydrogen (secondary N) is 1. The third-order valence-corrected chi connectivity index (χ3v) is 4.00. The number of amides is 2. The van der Waals surface area contributed by atoms with Gasteiger partial charge in [0.1, 0.15) is 5.82 Å². The van der Waals surface area contributed by atoms with Gasteiger partial charge in [-0.15, -0.1) is 0 Å². The Hall–Kier alpha value is -2.69. The molecule has 0 saturated heterocycles. The Bertz CT molecular complexity index is 729. The molecule has 0 fully saturated rings. The molecule has 132 valence electrons. The Balaban J connectivity index is 1.85. The number of aryl methyl sites for hydroxylation is 1. The van der Waals surface area contributed by atoms with Gasteiger partial charge in [0.05, 0.1) is 6.54 Å². The molecule has 0 aromatic heterocycles. The van der Waals surface area contributed by atoms with Crippen molar-refractivity contribution in [3.8, 4) is 0 Å². The predicted molar refractivity (Wildman–Crippen MR) is 95.4 cm³/mol. The van der Waals surface area contributed by atoms with Crippen LogP contribution in [0, 0.1) is 12.7 Å². The van der Waals surface area contributed by atoms with E-state index in [1.807, 2.05) is 31.2 Å². The van der Waals surface area contributed by atoms with Crippen LogP contribution in [0.2, 0.25) is 0 Å². The van der Waals surface area contributed by atoms with Crippen molar-refractivity contribution in [3.05, 3.63) is 71.0 Å². The number of hydrogen-bond acceptors (Lipinski definition) is 2. The number of benzene rings is 2. The van der Waals surface area contributed by atoms with E-state index in [1.165, 1.54) is 17.9 Å². The summed E-state index contributed by atoms with van der Waals surface area (Å²) in [4.78, 5) is 25.3. The minimum absolute atomic E-state index is 0.0321. The maximum Gasteiger partial charge on any atom is 0.239 e. The molecule has 2 rings (SSSR count). The Kier molecular flexibility index (Phi) is 6.69. The zero-order valence-corrected chi connectivity index (χ0v) is 14.6. The molecule has 0 unspecified atom stereocenters. The number of rotatable bonds is 7. The number of carbonyl (C=O) groups excluding carboxylic acids is 2. The molecule has 0 radical (unpaired) electrons. The van der Waals surface area contributed by atoms with Crippen LogP contribution in [0.5, 0.6) is 0 Å². The summed E-state index contributed by atoms with van der Waals surface area (Å²) in [5, 5.41) is 2.81. The fourth-order valence-electron chi connectivity index (χ4n) is 2.44. The molecule has 4 nitrogen and oxygen atoms in total. The highest BCUT2D eigenvalue weighted by Crippen LogP contribution is 2.08. The Labute approximate surface area is 147 Å². The third-order valence-electron chi connectivity index (χ3n) is 4.00. The lowest BCUT2D eigenvalue weighted by Crippen LogP contribution is -2.40. The summed E-state index contributed by atoms with van der Waals surface area (Å²) in [6.45, 7) is 4.10. The quantitative estimate of drug-likeness (QED) is 0.841. The molecule has 0 aliphatic heterocycles. The van der Waals surface area contributed by atoms with Crippen molar-refractivity contribution in [3.63, 3.8) is 0 Å². The van der Waals surface area contributed by atoms with Gasteiger partial charge in [0.25, 0.3) is 0 Å². The molecule has 0 spiro atoms. The van der Waals surface area contributed by atoms with Crippen LogP contribution in [0.15, 0.2) is 48.5 Å². The lowest BCUT2D eigenvalue weighted by atomic mass is 10.1. The maximum atomic E-state index is 13.7. The van der Waals surface area contributed by atoms with Crippen molar-refractivity contribution in [2.75, 3.05) is 13.1 Å². The number of halogens is 1. The van der Waals surface area contributed by atoms with E-state index in [0.717, 1.165) is 11.1 Å². The van der Waals surface area contributed by atoms with Gasteiger partial charge in [0, 0.05) is 20.0 Å². The van der Waals surface area contributed by atoms with Crippen LogP contribution in [0.25, 0.3) is 0 Å². The fourth-order valence-corrected chi connectivity index (χ4v) is 2.44. The highest BCUT2D eigenvalue weighted by Gasteiger charge is 2.14. The van der Waals surface area contributed by atoms with Crippen molar-refractivity contribution in [2.45, 2.75) is 26.8 Å². The Morgan fingerprint density at radius 1 is 1.08 bits per heavy atom. The first-order chi connectivity index (χ1) is 12.0. The summed E-state index contributed by atoms with van der Waals surface area (Å²) < 4.78 is 13.7. The summed E-state index contributed by atoms with van der Waals surface area (Å²) in [7, 11) is 0. The molecule has 0 atom stereocenters. The van der Waals surface area contributed by atoms with Crippen LogP contribution < -0.4 is 5.32 Å². The molecule has 0 aliphatic rings. The molecular weight excluding hydrogens is 319 g/mol. The van der Waals surface area contributed by atoms with Gasteiger partial charge in [-0.25, -0.2) is 4.39 Å². The van der Waals surface area contributed by atoms with Crippen LogP contribution in [0.1, 0.15) is 23.6 Å². The first-order valence-corrected chi connectivity index (χ1v) is 8.27. The first kappa shape index (κ1) is 18.6. The minimum atomic E-state index is -0.296. The van der Waals surface area contributed by atoms with Crippen LogP contribution in [-0.4, -0.2) is 29.8 Å². The van der Waals surface area contributed by atoms with E-state index in [2.05, 4.69) is 5.32 Å². The van der Waals surface area contributed by atoms with E-state index in [9.17, 15) is 14.0 Å². The van der Waals surface area contributed by atoms with Crippen LogP contribution in [0.3, 0.4) is 0 Å². The second kappa shape index (κ2) is 8.97. The highest BCUT2D eigenvalue weighted by molar-refractivity contribution is 5.83. The lowest BCUT2D eigenvalue weighted by molar-refractivity contribution is -0.134. The normalized spacial score (nSPS) is 10.4. The molecule has 0 saturated carbocycles. The van der Waals surface area contributed by atoms with Crippen molar-refractivity contribution in [1.29, 1.82) is 0 Å². The zero-order valence-electron chi connectivity index (χ0n) is 14.6. The molecule has 1 N–H and O–H groups in total. The first-order valence-electron chi connectivity index (χ1n) is 8.27. The molecular formula is C20H23FN2O2. The highest BCUT2D eigenvalue weighted by atomic mass is 19.1. The zero-order chi connectivity index (χ0) is 18.2. The summed E-state index contributed by atoms with van der Waals surface area (Å²) in [5.41, 5.74) is 2.69. The molecule has 25 heavy (non-hydrogen) atoms. The van der Waals surface area contributed by atoms with E-state index >= 15 is 0 Å². The van der Waals surface area contributed by atoms with Gasteiger partial charge in [0.15, 0.2) is 0 Å². The standard InChI is InChI=1S/C20H23FN2O2/c1-15-7-9-17(10-8-15)13-22-20(25)14-23(16(2)24)12-11-18-5-3-4-6-19(18)21/h3-10H,11-14H2,1-2H3,(H,22,25). The average molecular weight is 342 g/mol. The number of carbonyl (C=O) groups is 2. The summed E-state index contributed by atoms with van der Waals surface area (Å²) >= 11 is 0. The van der Waals surface area contributed by atoms with Crippen LogP contribution in [0.4, 0.5) is 4.39 Å².